The number of nitrogens with one attached hydrogen (secondary N) is 2. The summed E-state index contributed by atoms with van der Waals surface area (Å²) in [6.45, 7) is 1.94. The molecule has 1 fully saturated rings. The summed E-state index contributed by atoms with van der Waals surface area (Å²) in [5.41, 5.74) is 3.69. The molecule has 1 heterocycles. The summed E-state index contributed by atoms with van der Waals surface area (Å²) >= 11 is 7.68. The SMILES string of the molecule is Cc1ccc(NC(=O)CSC2=NC3(CCCCCC3)Nc3ccccc32)cc1Cl. The van der Waals surface area contributed by atoms with Gasteiger partial charge in [-0.3, -0.25) is 4.79 Å². The van der Waals surface area contributed by atoms with Gasteiger partial charge in [0.25, 0.3) is 0 Å². The van der Waals surface area contributed by atoms with Gasteiger partial charge in [-0.25, -0.2) is 4.99 Å². The van der Waals surface area contributed by atoms with Gasteiger partial charge in [0.2, 0.25) is 5.91 Å². The minimum atomic E-state index is -0.228. The Morgan fingerprint density at radius 2 is 1.93 bits per heavy atom. The molecule has 2 aromatic rings. The smallest absolute Gasteiger partial charge is 0.234 e. The van der Waals surface area contributed by atoms with Crippen molar-refractivity contribution in [3.63, 3.8) is 0 Å². The average Bonchev–Trinajstić information content (AvgIpc) is 2.94. The number of hydrogen-bond donors (Lipinski definition) is 2. The van der Waals surface area contributed by atoms with E-state index in [0.29, 0.717) is 10.8 Å². The van der Waals surface area contributed by atoms with Crippen molar-refractivity contribution < 1.29 is 4.79 Å². The van der Waals surface area contributed by atoms with Crippen molar-refractivity contribution >= 4 is 45.7 Å². The summed E-state index contributed by atoms with van der Waals surface area (Å²) in [4.78, 5) is 17.7. The van der Waals surface area contributed by atoms with Crippen molar-refractivity contribution in [1.82, 2.24) is 0 Å². The van der Waals surface area contributed by atoms with Gasteiger partial charge in [0, 0.05) is 22.0 Å². The van der Waals surface area contributed by atoms with E-state index in [0.717, 1.165) is 40.4 Å². The van der Waals surface area contributed by atoms with Crippen molar-refractivity contribution in [3.8, 4) is 0 Å². The van der Waals surface area contributed by atoms with Crippen molar-refractivity contribution in [2.24, 2.45) is 4.99 Å². The van der Waals surface area contributed by atoms with Gasteiger partial charge in [-0.1, -0.05) is 60.5 Å². The lowest BCUT2D eigenvalue weighted by molar-refractivity contribution is -0.113. The Balaban J connectivity index is 1.49. The largest absolute Gasteiger partial charge is 0.361 e. The van der Waals surface area contributed by atoms with Crippen LogP contribution in [0.25, 0.3) is 0 Å². The van der Waals surface area contributed by atoms with Gasteiger partial charge in [0.15, 0.2) is 0 Å². The van der Waals surface area contributed by atoms with Crippen LogP contribution in [0.1, 0.15) is 49.7 Å². The summed E-state index contributed by atoms with van der Waals surface area (Å²) in [6, 6.07) is 13.8. The highest BCUT2D eigenvalue weighted by atomic mass is 35.5. The Morgan fingerprint density at radius 3 is 2.69 bits per heavy atom. The first-order chi connectivity index (χ1) is 14.0. The molecule has 2 N–H and O–H groups in total. The molecule has 0 aromatic heterocycles. The predicted molar refractivity (Wildman–Crippen MR) is 124 cm³/mol. The van der Waals surface area contributed by atoms with Gasteiger partial charge in [0.1, 0.15) is 10.7 Å². The van der Waals surface area contributed by atoms with Crippen LogP contribution in [0.3, 0.4) is 0 Å². The van der Waals surface area contributed by atoms with E-state index < -0.39 is 0 Å². The molecule has 0 atom stereocenters. The van der Waals surface area contributed by atoms with Gasteiger partial charge >= 0.3 is 0 Å². The number of anilines is 2. The Bertz CT molecular complexity index is 935. The molecule has 1 aliphatic heterocycles. The van der Waals surface area contributed by atoms with Crippen molar-refractivity contribution in [2.75, 3.05) is 16.4 Å². The zero-order valence-corrected chi connectivity index (χ0v) is 18.2. The van der Waals surface area contributed by atoms with Crippen LogP contribution in [-0.4, -0.2) is 22.4 Å². The van der Waals surface area contributed by atoms with E-state index in [4.69, 9.17) is 16.6 Å². The van der Waals surface area contributed by atoms with Crippen molar-refractivity contribution in [2.45, 2.75) is 51.1 Å². The van der Waals surface area contributed by atoms with Gasteiger partial charge < -0.3 is 10.6 Å². The monoisotopic (exact) mass is 427 g/mol. The number of benzene rings is 2. The number of para-hydroxylation sites is 1. The topological polar surface area (TPSA) is 53.5 Å². The third kappa shape index (κ3) is 4.78. The maximum absolute atomic E-state index is 12.5. The number of aliphatic imine (C=N–C) groups is 1. The van der Waals surface area contributed by atoms with E-state index in [2.05, 4.69) is 28.8 Å². The summed E-state index contributed by atoms with van der Waals surface area (Å²) < 4.78 is 0. The zero-order chi connectivity index (χ0) is 20.3. The Kier molecular flexibility index (Phi) is 6.16. The van der Waals surface area contributed by atoms with E-state index in [1.165, 1.54) is 37.4 Å². The molecule has 0 radical (unpaired) electrons. The number of aryl methyl sites for hydroxylation is 1. The fraction of sp³-hybridized carbons (Fsp3) is 0.391. The molecule has 29 heavy (non-hydrogen) atoms. The van der Waals surface area contributed by atoms with Crippen LogP contribution in [0.5, 0.6) is 0 Å². The van der Waals surface area contributed by atoms with Crippen molar-refractivity contribution in [1.29, 1.82) is 0 Å². The molecule has 2 aromatic carbocycles. The molecule has 1 aliphatic carbocycles. The minimum Gasteiger partial charge on any atom is -0.361 e. The van der Waals surface area contributed by atoms with Crippen LogP contribution < -0.4 is 10.6 Å². The highest BCUT2D eigenvalue weighted by molar-refractivity contribution is 8.15. The standard InChI is InChI=1S/C23H26ClN3OS/c1-16-10-11-17(14-19(16)24)25-21(28)15-29-22-18-8-4-5-9-20(18)26-23(27-22)12-6-2-3-7-13-23/h4-5,8-11,14,26H,2-3,6-7,12-13,15H2,1H3,(H,25,28). The number of halogens is 1. The fourth-order valence-electron chi connectivity index (χ4n) is 3.97. The van der Waals surface area contributed by atoms with Crippen LogP contribution in [-0.2, 0) is 4.79 Å². The maximum Gasteiger partial charge on any atom is 0.234 e. The molecule has 152 valence electrons. The van der Waals surface area contributed by atoms with Crippen LogP contribution in [0, 0.1) is 6.92 Å². The average molecular weight is 428 g/mol. The molecule has 0 saturated heterocycles. The molecule has 4 nitrogen and oxygen atoms in total. The van der Waals surface area contributed by atoms with Crippen LogP contribution in [0.4, 0.5) is 11.4 Å². The molecule has 1 saturated carbocycles. The lowest BCUT2D eigenvalue weighted by atomic mass is 9.97. The first kappa shape index (κ1) is 20.3. The Hall–Kier alpha value is -1.98. The minimum absolute atomic E-state index is 0.0523. The second-order valence-electron chi connectivity index (χ2n) is 7.83. The first-order valence-electron chi connectivity index (χ1n) is 10.2. The quantitative estimate of drug-likeness (QED) is 0.609. The molecule has 4 rings (SSSR count). The van der Waals surface area contributed by atoms with Crippen molar-refractivity contribution in [3.05, 3.63) is 58.6 Å². The Labute approximate surface area is 181 Å². The van der Waals surface area contributed by atoms with Gasteiger partial charge in [-0.15, -0.1) is 0 Å². The highest BCUT2D eigenvalue weighted by Gasteiger charge is 2.35. The number of thioether (sulfide) groups is 1. The molecule has 0 bridgehead atoms. The molecular weight excluding hydrogens is 402 g/mol. The summed E-state index contributed by atoms with van der Waals surface area (Å²) in [6.07, 6.45) is 6.99. The number of rotatable bonds is 3. The van der Waals surface area contributed by atoms with Gasteiger partial charge in [0.05, 0.1) is 5.75 Å². The number of hydrogen-bond acceptors (Lipinski definition) is 4. The van der Waals surface area contributed by atoms with Crippen LogP contribution in [0.2, 0.25) is 5.02 Å². The third-order valence-electron chi connectivity index (χ3n) is 5.57. The number of fused-ring (bicyclic) bond motifs is 1. The van der Waals surface area contributed by atoms with E-state index in [9.17, 15) is 4.79 Å². The molecular formula is C23H26ClN3OS. The maximum atomic E-state index is 12.5. The predicted octanol–water partition coefficient (Wildman–Crippen LogP) is 6.24. The first-order valence-corrected chi connectivity index (χ1v) is 11.6. The highest BCUT2D eigenvalue weighted by Crippen LogP contribution is 2.39. The van der Waals surface area contributed by atoms with Gasteiger partial charge in [-0.2, -0.15) is 0 Å². The zero-order valence-electron chi connectivity index (χ0n) is 16.6. The molecule has 1 amide bonds. The van der Waals surface area contributed by atoms with E-state index >= 15 is 0 Å². The Morgan fingerprint density at radius 1 is 1.17 bits per heavy atom. The molecule has 2 aliphatic rings. The molecule has 6 heteroatoms. The fourth-order valence-corrected chi connectivity index (χ4v) is 5.07. The molecule has 1 spiro atoms. The third-order valence-corrected chi connectivity index (χ3v) is 6.97. The summed E-state index contributed by atoms with van der Waals surface area (Å²) in [5, 5.41) is 8.26. The van der Waals surface area contributed by atoms with E-state index in [-0.39, 0.29) is 11.6 Å². The lowest BCUT2D eigenvalue weighted by Crippen LogP contribution is -2.40. The summed E-state index contributed by atoms with van der Waals surface area (Å²) in [5.74, 6) is 0.262. The second-order valence-corrected chi connectivity index (χ2v) is 9.21. The number of carbonyl (C=O) groups is 1. The summed E-state index contributed by atoms with van der Waals surface area (Å²) in [7, 11) is 0. The second kappa shape index (κ2) is 8.80. The number of nitrogens with zero attached hydrogens (tertiary/aromatic N) is 1. The van der Waals surface area contributed by atoms with Gasteiger partial charge in [-0.05, 0) is 56.4 Å². The number of carbonyl (C=O) groups excluding carboxylic acids is 1. The van der Waals surface area contributed by atoms with Crippen LogP contribution in [0.15, 0.2) is 47.5 Å². The lowest BCUT2D eigenvalue weighted by Gasteiger charge is -2.36. The number of amides is 1. The van der Waals surface area contributed by atoms with E-state index in [1.807, 2.05) is 25.1 Å². The van der Waals surface area contributed by atoms with E-state index in [1.54, 1.807) is 6.07 Å². The van der Waals surface area contributed by atoms with Crippen LogP contribution >= 0.6 is 23.4 Å². The normalized spacial score (nSPS) is 17.7. The molecule has 0 unspecified atom stereocenters.